The zero-order valence-electron chi connectivity index (χ0n) is 13.0. The third kappa shape index (κ3) is 2.88. The lowest BCUT2D eigenvalue weighted by atomic mass is 10.3. The molecule has 0 bridgehead atoms. The van der Waals surface area contributed by atoms with Crippen LogP contribution in [0.4, 0.5) is 0 Å². The molecule has 2 aromatic rings. The van der Waals surface area contributed by atoms with Crippen molar-refractivity contribution in [2.24, 2.45) is 7.05 Å². The van der Waals surface area contributed by atoms with Gasteiger partial charge in [-0.15, -0.1) is 0 Å². The molecular formula is C15H20N4O3. The van der Waals surface area contributed by atoms with Crippen LogP contribution in [0.1, 0.15) is 6.92 Å². The van der Waals surface area contributed by atoms with Crippen LogP contribution < -0.4 is 11.0 Å². The molecule has 1 heterocycles. The highest BCUT2D eigenvalue weighted by Crippen LogP contribution is 2.11. The Morgan fingerprint density at radius 1 is 1.23 bits per heavy atom. The molecule has 2 amide bonds. The van der Waals surface area contributed by atoms with Gasteiger partial charge in [-0.2, -0.15) is 0 Å². The number of hydrogen-bond donors (Lipinski definition) is 1. The number of nitrogens with one attached hydrogen (secondary N) is 1. The van der Waals surface area contributed by atoms with Crippen LogP contribution >= 0.6 is 0 Å². The maximum atomic E-state index is 12.4. The second-order valence-electron chi connectivity index (χ2n) is 5.00. The molecule has 0 saturated heterocycles. The molecule has 0 aliphatic rings. The highest BCUT2D eigenvalue weighted by Gasteiger charge is 2.18. The Labute approximate surface area is 128 Å². The molecule has 0 unspecified atom stereocenters. The van der Waals surface area contributed by atoms with Crippen molar-refractivity contribution in [1.29, 1.82) is 0 Å². The van der Waals surface area contributed by atoms with Gasteiger partial charge in [0, 0.05) is 20.6 Å². The maximum Gasteiger partial charge on any atom is 0.329 e. The van der Waals surface area contributed by atoms with Crippen LogP contribution in [0.25, 0.3) is 11.0 Å². The molecule has 1 aromatic heterocycles. The van der Waals surface area contributed by atoms with Gasteiger partial charge in [-0.25, -0.2) is 4.79 Å². The van der Waals surface area contributed by atoms with Crippen molar-refractivity contribution in [3.63, 3.8) is 0 Å². The summed E-state index contributed by atoms with van der Waals surface area (Å²) in [4.78, 5) is 37.5. The van der Waals surface area contributed by atoms with Crippen LogP contribution in [-0.2, 0) is 23.2 Å². The fourth-order valence-corrected chi connectivity index (χ4v) is 2.38. The van der Waals surface area contributed by atoms with Gasteiger partial charge in [-0.3, -0.25) is 18.7 Å². The van der Waals surface area contributed by atoms with E-state index in [2.05, 4.69) is 5.32 Å². The lowest BCUT2D eigenvalue weighted by molar-refractivity contribution is -0.136. The number of imidazole rings is 1. The molecule has 1 aromatic carbocycles. The minimum absolute atomic E-state index is 0.00858. The lowest BCUT2D eigenvalue weighted by Crippen LogP contribution is -2.42. The van der Waals surface area contributed by atoms with Gasteiger partial charge in [0.15, 0.2) is 0 Å². The molecule has 0 fully saturated rings. The number of aryl methyl sites for hydroxylation is 1. The smallest absolute Gasteiger partial charge is 0.329 e. The minimum Gasteiger partial charge on any atom is -0.358 e. The van der Waals surface area contributed by atoms with E-state index in [1.54, 1.807) is 20.0 Å². The van der Waals surface area contributed by atoms with Crippen molar-refractivity contribution in [3.8, 4) is 0 Å². The van der Waals surface area contributed by atoms with E-state index in [4.69, 9.17) is 0 Å². The number of aromatic nitrogens is 2. The van der Waals surface area contributed by atoms with E-state index in [0.29, 0.717) is 12.1 Å². The average molecular weight is 304 g/mol. The van der Waals surface area contributed by atoms with Crippen molar-refractivity contribution in [2.45, 2.75) is 13.5 Å². The Morgan fingerprint density at radius 2 is 1.86 bits per heavy atom. The number of nitrogens with zero attached hydrogens (tertiary/aromatic N) is 3. The molecule has 118 valence electrons. The van der Waals surface area contributed by atoms with E-state index in [9.17, 15) is 14.4 Å². The third-order valence-electron chi connectivity index (χ3n) is 3.69. The molecule has 7 nitrogen and oxygen atoms in total. The molecular weight excluding hydrogens is 284 g/mol. The first-order chi connectivity index (χ1) is 10.5. The minimum atomic E-state index is -0.260. The van der Waals surface area contributed by atoms with Gasteiger partial charge in [0.25, 0.3) is 0 Å². The van der Waals surface area contributed by atoms with Crippen LogP contribution in [0.3, 0.4) is 0 Å². The molecule has 0 aliphatic carbocycles. The van der Waals surface area contributed by atoms with E-state index in [0.717, 1.165) is 5.52 Å². The summed E-state index contributed by atoms with van der Waals surface area (Å²) in [6, 6.07) is 7.31. The zero-order chi connectivity index (χ0) is 16.3. The predicted molar refractivity (Wildman–Crippen MR) is 83.5 cm³/mol. The first kappa shape index (κ1) is 15.8. The number of para-hydroxylation sites is 2. The lowest BCUT2D eigenvalue weighted by Gasteiger charge is -2.20. The third-order valence-corrected chi connectivity index (χ3v) is 3.69. The highest BCUT2D eigenvalue weighted by molar-refractivity contribution is 5.85. The largest absolute Gasteiger partial charge is 0.358 e. The number of fused-ring (bicyclic) bond motifs is 1. The van der Waals surface area contributed by atoms with Crippen molar-refractivity contribution < 1.29 is 9.59 Å². The number of carbonyl (C=O) groups is 2. The summed E-state index contributed by atoms with van der Waals surface area (Å²) in [5.74, 6) is -0.495. The van der Waals surface area contributed by atoms with E-state index in [1.807, 2.05) is 18.2 Å². The van der Waals surface area contributed by atoms with Crippen LogP contribution in [0.2, 0.25) is 0 Å². The van der Waals surface area contributed by atoms with Crippen molar-refractivity contribution in [3.05, 3.63) is 34.7 Å². The van der Waals surface area contributed by atoms with Crippen LogP contribution in [0.15, 0.2) is 29.1 Å². The Morgan fingerprint density at radius 3 is 2.45 bits per heavy atom. The number of benzene rings is 1. The zero-order valence-corrected chi connectivity index (χ0v) is 13.0. The molecule has 22 heavy (non-hydrogen) atoms. The van der Waals surface area contributed by atoms with Gasteiger partial charge < -0.3 is 10.2 Å². The van der Waals surface area contributed by atoms with Crippen LogP contribution in [0, 0.1) is 0 Å². The molecule has 1 N–H and O–H groups in total. The Balaban J connectivity index is 2.30. The van der Waals surface area contributed by atoms with Crippen molar-refractivity contribution in [1.82, 2.24) is 19.4 Å². The number of amides is 2. The SMILES string of the molecule is CCN(CC(=O)NC)C(=O)Cn1c(=O)n(C)c2ccccc21. The monoisotopic (exact) mass is 304 g/mol. The van der Waals surface area contributed by atoms with Gasteiger partial charge in [0.1, 0.15) is 6.54 Å². The highest BCUT2D eigenvalue weighted by atomic mass is 16.2. The normalized spacial score (nSPS) is 10.7. The quantitative estimate of drug-likeness (QED) is 0.840. The standard InChI is InChI=1S/C15H20N4O3/c1-4-18(9-13(20)16-2)14(21)10-19-12-8-6-5-7-11(12)17(3)15(19)22/h5-8H,4,9-10H2,1-3H3,(H,16,20). The molecule has 2 rings (SSSR count). The van der Waals surface area contributed by atoms with Crippen molar-refractivity contribution >= 4 is 22.8 Å². The van der Waals surface area contributed by atoms with Crippen LogP contribution in [-0.4, -0.2) is 46.0 Å². The second kappa shape index (κ2) is 6.46. The maximum absolute atomic E-state index is 12.4. The molecule has 7 heteroatoms. The molecule has 0 saturated carbocycles. The van der Waals surface area contributed by atoms with E-state index in [1.165, 1.54) is 21.1 Å². The Bertz CT molecular complexity index is 760. The number of hydrogen-bond acceptors (Lipinski definition) is 3. The average Bonchev–Trinajstić information content (AvgIpc) is 2.77. The first-order valence-electron chi connectivity index (χ1n) is 7.12. The summed E-state index contributed by atoms with van der Waals surface area (Å²) in [6.07, 6.45) is 0. The summed E-state index contributed by atoms with van der Waals surface area (Å²) in [5, 5.41) is 2.49. The van der Waals surface area contributed by atoms with Gasteiger partial charge in [-0.05, 0) is 19.1 Å². The van der Waals surface area contributed by atoms with Gasteiger partial charge in [-0.1, -0.05) is 12.1 Å². The fourth-order valence-electron chi connectivity index (χ4n) is 2.38. The van der Waals surface area contributed by atoms with Gasteiger partial charge in [0.05, 0.1) is 17.6 Å². The second-order valence-corrected chi connectivity index (χ2v) is 5.00. The molecule has 0 radical (unpaired) electrons. The molecule has 0 aliphatic heterocycles. The van der Waals surface area contributed by atoms with Gasteiger partial charge >= 0.3 is 5.69 Å². The topological polar surface area (TPSA) is 76.3 Å². The first-order valence-corrected chi connectivity index (χ1v) is 7.12. The van der Waals surface area contributed by atoms with E-state index in [-0.39, 0.29) is 30.6 Å². The number of likely N-dealkylation sites (N-methyl/N-ethyl adjacent to an activating group) is 2. The van der Waals surface area contributed by atoms with Crippen LogP contribution in [0.5, 0.6) is 0 Å². The summed E-state index contributed by atoms with van der Waals surface area (Å²) in [6.45, 7) is 2.12. The number of carbonyl (C=O) groups excluding carboxylic acids is 2. The summed E-state index contributed by atoms with van der Waals surface area (Å²) >= 11 is 0. The van der Waals surface area contributed by atoms with E-state index >= 15 is 0 Å². The van der Waals surface area contributed by atoms with Gasteiger partial charge in [0.2, 0.25) is 11.8 Å². The van der Waals surface area contributed by atoms with E-state index < -0.39 is 0 Å². The Kier molecular flexibility index (Phi) is 4.65. The summed E-state index contributed by atoms with van der Waals surface area (Å²) in [5.41, 5.74) is 1.24. The van der Waals surface area contributed by atoms with Crippen molar-refractivity contribution in [2.75, 3.05) is 20.1 Å². The Hall–Kier alpha value is -2.57. The fraction of sp³-hybridized carbons (Fsp3) is 0.400. The number of rotatable bonds is 5. The summed E-state index contributed by atoms with van der Waals surface area (Å²) in [7, 11) is 3.20. The molecule has 0 atom stereocenters. The molecule has 0 spiro atoms. The summed E-state index contributed by atoms with van der Waals surface area (Å²) < 4.78 is 2.95. The predicted octanol–water partition coefficient (Wildman–Crippen LogP) is -0.0655.